The number of hydrogen-bond acceptors (Lipinski definition) is 3. The second kappa shape index (κ2) is 3.31. The van der Waals surface area contributed by atoms with Crippen LogP contribution in [0.3, 0.4) is 0 Å². The van der Waals surface area contributed by atoms with Crippen LogP contribution in [0.5, 0.6) is 0 Å². The Labute approximate surface area is 96.5 Å². The monoisotopic (exact) mass is 229 g/mol. The maximum absolute atomic E-state index is 11.6. The van der Waals surface area contributed by atoms with Crippen molar-refractivity contribution in [3.05, 3.63) is 40.6 Å². The van der Waals surface area contributed by atoms with Gasteiger partial charge in [-0.1, -0.05) is 0 Å². The van der Waals surface area contributed by atoms with E-state index in [1.54, 1.807) is 15.4 Å². The first-order chi connectivity index (χ1) is 8.13. The summed E-state index contributed by atoms with van der Waals surface area (Å²) in [4.78, 5) is 14.3. The molecule has 17 heavy (non-hydrogen) atoms. The Kier molecular flexibility index (Phi) is 1.91. The molecule has 86 valence electrons. The second-order valence-electron chi connectivity index (χ2n) is 4.00. The van der Waals surface area contributed by atoms with Crippen molar-refractivity contribution in [1.82, 2.24) is 24.4 Å². The minimum Gasteiger partial charge on any atom is -0.307 e. The van der Waals surface area contributed by atoms with Crippen LogP contribution in [-0.2, 0) is 7.05 Å². The van der Waals surface area contributed by atoms with Gasteiger partial charge in [-0.2, -0.15) is 10.2 Å². The third kappa shape index (κ3) is 1.54. The smallest absolute Gasteiger partial charge is 0.251 e. The zero-order valence-corrected chi connectivity index (χ0v) is 9.51. The highest BCUT2D eigenvalue weighted by molar-refractivity contribution is 5.60. The van der Waals surface area contributed by atoms with E-state index in [1.807, 2.05) is 26.2 Å². The molecule has 1 N–H and O–H groups in total. The predicted molar refractivity (Wildman–Crippen MR) is 62.8 cm³/mol. The topological polar surface area (TPSA) is 68.0 Å². The van der Waals surface area contributed by atoms with Crippen LogP contribution in [0.25, 0.3) is 16.9 Å². The SMILES string of the molecule is Cc1cc2[nH]c(=O)cc(-c3cnn(C)c3)n2n1. The second-order valence-corrected chi connectivity index (χ2v) is 4.00. The van der Waals surface area contributed by atoms with Crippen LogP contribution >= 0.6 is 0 Å². The van der Waals surface area contributed by atoms with Gasteiger partial charge in [0.25, 0.3) is 5.56 Å². The Morgan fingerprint density at radius 1 is 1.35 bits per heavy atom. The normalized spacial score (nSPS) is 11.2. The van der Waals surface area contributed by atoms with E-state index in [9.17, 15) is 4.79 Å². The van der Waals surface area contributed by atoms with Crippen molar-refractivity contribution in [3.8, 4) is 11.3 Å². The van der Waals surface area contributed by atoms with Crippen LogP contribution in [0.1, 0.15) is 5.69 Å². The van der Waals surface area contributed by atoms with Gasteiger partial charge < -0.3 is 4.98 Å². The van der Waals surface area contributed by atoms with Crippen molar-refractivity contribution in [2.75, 3.05) is 0 Å². The van der Waals surface area contributed by atoms with Crippen molar-refractivity contribution in [2.45, 2.75) is 6.92 Å². The van der Waals surface area contributed by atoms with E-state index in [0.29, 0.717) is 5.65 Å². The number of aryl methyl sites for hydroxylation is 2. The molecule has 3 aromatic heterocycles. The molecule has 0 saturated carbocycles. The third-order valence-corrected chi connectivity index (χ3v) is 2.58. The molecule has 0 saturated heterocycles. The largest absolute Gasteiger partial charge is 0.307 e. The first-order valence-electron chi connectivity index (χ1n) is 5.22. The molecule has 0 unspecified atom stereocenters. The molecule has 0 aliphatic rings. The standard InChI is InChI=1S/C11H11N5O/c1-7-3-10-13-11(17)4-9(16(10)14-7)8-5-12-15(2)6-8/h3-6H,1-2H3,(H,13,17). The molecule has 0 spiro atoms. The lowest BCUT2D eigenvalue weighted by molar-refractivity contribution is 0.768. The average Bonchev–Trinajstić information content (AvgIpc) is 2.82. The van der Waals surface area contributed by atoms with Crippen molar-refractivity contribution in [1.29, 1.82) is 0 Å². The third-order valence-electron chi connectivity index (χ3n) is 2.58. The fourth-order valence-corrected chi connectivity index (χ4v) is 1.88. The van der Waals surface area contributed by atoms with Crippen molar-refractivity contribution < 1.29 is 0 Å². The number of aromatic amines is 1. The molecule has 6 nitrogen and oxygen atoms in total. The van der Waals surface area contributed by atoms with Gasteiger partial charge in [-0.05, 0) is 6.92 Å². The molecule has 0 bridgehead atoms. The first kappa shape index (κ1) is 9.83. The van der Waals surface area contributed by atoms with Crippen LogP contribution in [-0.4, -0.2) is 24.4 Å². The highest BCUT2D eigenvalue weighted by atomic mass is 16.1. The highest BCUT2D eigenvalue weighted by Crippen LogP contribution is 2.17. The van der Waals surface area contributed by atoms with Gasteiger partial charge in [-0.3, -0.25) is 9.48 Å². The molecule has 0 aliphatic heterocycles. The zero-order valence-electron chi connectivity index (χ0n) is 9.51. The number of H-pyrrole nitrogens is 1. The lowest BCUT2D eigenvalue weighted by atomic mass is 10.2. The van der Waals surface area contributed by atoms with Crippen LogP contribution in [0.4, 0.5) is 0 Å². The van der Waals surface area contributed by atoms with Gasteiger partial charge in [0.2, 0.25) is 0 Å². The maximum atomic E-state index is 11.6. The number of hydrogen-bond donors (Lipinski definition) is 1. The van der Waals surface area contributed by atoms with Gasteiger partial charge in [0.15, 0.2) is 0 Å². The Morgan fingerprint density at radius 2 is 2.18 bits per heavy atom. The average molecular weight is 229 g/mol. The van der Waals surface area contributed by atoms with Crippen LogP contribution in [0.2, 0.25) is 0 Å². The van der Waals surface area contributed by atoms with E-state index in [2.05, 4.69) is 15.2 Å². The lowest BCUT2D eigenvalue weighted by Crippen LogP contribution is -2.09. The highest BCUT2D eigenvalue weighted by Gasteiger charge is 2.09. The summed E-state index contributed by atoms with van der Waals surface area (Å²) < 4.78 is 3.41. The van der Waals surface area contributed by atoms with Crippen LogP contribution in [0, 0.1) is 6.92 Å². The summed E-state index contributed by atoms with van der Waals surface area (Å²) in [6.45, 7) is 1.89. The molecule has 6 heteroatoms. The van der Waals surface area contributed by atoms with Crippen molar-refractivity contribution in [2.24, 2.45) is 7.05 Å². The number of nitrogens with one attached hydrogen (secondary N) is 1. The van der Waals surface area contributed by atoms with E-state index in [1.165, 1.54) is 6.07 Å². The molecule has 0 atom stereocenters. The van der Waals surface area contributed by atoms with E-state index >= 15 is 0 Å². The summed E-state index contributed by atoms with van der Waals surface area (Å²) in [7, 11) is 1.84. The summed E-state index contributed by atoms with van der Waals surface area (Å²) in [5.41, 5.74) is 3.01. The minimum atomic E-state index is -0.142. The molecular formula is C11H11N5O. The summed E-state index contributed by atoms with van der Waals surface area (Å²) in [5, 5.41) is 8.45. The van der Waals surface area contributed by atoms with E-state index in [-0.39, 0.29) is 5.56 Å². The summed E-state index contributed by atoms with van der Waals surface area (Å²) >= 11 is 0. The molecule has 3 aromatic rings. The molecule has 0 aromatic carbocycles. The summed E-state index contributed by atoms with van der Waals surface area (Å²) in [5.74, 6) is 0. The zero-order chi connectivity index (χ0) is 12.0. The quantitative estimate of drug-likeness (QED) is 0.669. The first-order valence-corrected chi connectivity index (χ1v) is 5.22. The number of rotatable bonds is 1. The predicted octanol–water partition coefficient (Wildman–Crippen LogP) is 0.732. The molecule has 3 rings (SSSR count). The van der Waals surface area contributed by atoms with Gasteiger partial charge in [-0.15, -0.1) is 0 Å². The van der Waals surface area contributed by atoms with Gasteiger partial charge in [-0.25, -0.2) is 4.52 Å². The molecular weight excluding hydrogens is 218 g/mol. The van der Waals surface area contributed by atoms with Crippen molar-refractivity contribution >= 4 is 5.65 Å². The Hall–Kier alpha value is -2.37. The molecule has 0 amide bonds. The lowest BCUT2D eigenvalue weighted by Gasteiger charge is -2.00. The van der Waals surface area contributed by atoms with Gasteiger partial charge >= 0.3 is 0 Å². The van der Waals surface area contributed by atoms with Gasteiger partial charge in [0.05, 0.1) is 17.6 Å². The summed E-state index contributed by atoms with van der Waals surface area (Å²) in [6, 6.07) is 3.36. The van der Waals surface area contributed by atoms with Crippen LogP contribution in [0.15, 0.2) is 29.3 Å². The maximum Gasteiger partial charge on any atom is 0.251 e. The van der Waals surface area contributed by atoms with E-state index in [4.69, 9.17) is 0 Å². The minimum absolute atomic E-state index is 0.142. The van der Waals surface area contributed by atoms with E-state index < -0.39 is 0 Å². The summed E-state index contributed by atoms with van der Waals surface area (Å²) in [6.07, 6.45) is 3.57. The molecule has 0 fully saturated rings. The van der Waals surface area contributed by atoms with Gasteiger partial charge in [0, 0.05) is 30.9 Å². The van der Waals surface area contributed by atoms with Gasteiger partial charge in [0.1, 0.15) is 5.65 Å². The fourth-order valence-electron chi connectivity index (χ4n) is 1.88. The molecule has 0 radical (unpaired) electrons. The molecule has 3 heterocycles. The number of fused-ring (bicyclic) bond motifs is 1. The fraction of sp³-hybridized carbons (Fsp3) is 0.182. The van der Waals surface area contributed by atoms with E-state index in [0.717, 1.165) is 17.0 Å². The Bertz CT molecular complexity index is 749. The number of aromatic nitrogens is 5. The number of nitrogens with zero attached hydrogens (tertiary/aromatic N) is 4. The van der Waals surface area contributed by atoms with Crippen LogP contribution < -0.4 is 5.56 Å². The Balaban J connectivity index is 2.38. The molecule has 0 aliphatic carbocycles. The Morgan fingerprint density at radius 3 is 2.88 bits per heavy atom. The van der Waals surface area contributed by atoms with Crippen molar-refractivity contribution in [3.63, 3.8) is 0 Å².